The molecule has 1 aromatic heterocycles. The lowest BCUT2D eigenvalue weighted by Crippen LogP contribution is -2.43. The van der Waals surface area contributed by atoms with Crippen LogP contribution >= 0.6 is 17.0 Å². The van der Waals surface area contributed by atoms with Crippen LogP contribution in [0.2, 0.25) is 0 Å². The van der Waals surface area contributed by atoms with E-state index in [0.717, 1.165) is 5.56 Å². The number of benzene rings is 2. The van der Waals surface area contributed by atoms with Gasteiger partial charge in [0.05, 0.1) is 49.7 Å². The third kappa shape index (κ3) is 20.7. The van der Waals surface area contributed by atoms with E-state index in [1.165, 1.54) is 41.1 Å². The van der Waals surface area contributed by atoms with Gasteiger partial charge in [-0.25, -0.2) is 23.6 Å². The predicted octanol–water partition coefficient (Wildman–Crippen LogP) is 11.0. The number of rotatable bonds is 26. The number of amides is 1. The summed E-state index contributed by atoms with van der Waals surface area (Å²) in [7, 11) is -2.53. The Balaban J connectivity index is 0.000000625. The van der Waals surface area contributed by atoms with E-state index < -0.39 is 58.1 Å². The summed E-state index contributed by atoms with van der Waals surface area (Å²) in [5.41, 5.74) is 0.157. The summed E-state index contributed by atoms with van der Waals surface area (Å²) < 4.78 is 49.2. The normalized spacial score (nSPS) is 16.2. The highest BCUT2D eigenvalue weighted by atomic mass is 31.2. The number of ether oxygens (including phenoxy) is 4. The van der Waals surface area contributed by atoms with Crippen LogP contribution in [0.4, 0.5) is 16.3 Å². The van der Waals surface area contributed by atoms with Crippen molar-refractivity contribution in [2.45, 2.75) is 183 Å². The molecule has 4 rings (SSSR count). The molecule has 1 fully saturated rings. The zero-order valence-electron chi connectivity index (χ0n) is 46.3. The van der Waals surface area contributed by atoms with Crippen LogP contribution in [0.5, 0.6) is 11.5 Å². The van der Waals surface area contributed by atoms with Gasteiger partial charge in [0.1, 0.15) is 35.8 Å². The number of hydrogen-bond acceptors (Lipinski definition) is 18. The fraction of sp³-hybridized carbons (Fsp3) is 0.615. The number of anilines is 1. The Morgan fingerprint density at radius 3 is 1.80 bits per heavy atom. The molecule has 0 spiro atoms. The fourth-order valence-electron chi connectivity index (χ4n) is 7.96. The number of non-ortho nitro benzene ring substituents is 1. The first-order valence-electron chi connectivity index (χ1n) is 25.3. The molecular weight excluding hydrogens is 1000 g/mol. The topological polar surface area (TPSA) is 246 Å². The quantitative estimate of drug-likeness (QED) is 0.0196. The first kappa shape index (κ1) is 64.1. The van der Waals surface area contributed by atoms with Crippen molar-refractivity contribution >= 4 is 40.5 Å². The number of aromatic nitrogens is 2. The second-order valence-corrected chi connectivity index (χ2v) is 23.4. The van der Waals surface area contributed by atoms with Crippen LogP contribution in [-0.2, 0) is 33.3 Å². The molecule has 75 heavy (non-hydrogen) atoms. The molecule has 23 heteroatoms. The highest BCUT2D eigenvalue weighted by Gasteiger charge is 2.42. The van der Waals surface area contributed by atoms with Crippen molar-refractivity contribution in [3.8, 4) is 23.6 Å². The van der Waals surface area contributed by atoms with Crippen molar-refractivity contribution in [3.05, 3.63) is 87.0 Å². The molecule has 0 bridgehead atoms. The largest absolute Gasteiger partial charge is 0.514 e. The van der Waals surface area contributed by atoms with Gasteiger partial charge in [0.2, 0.25) is 0 Å². The SMILES string of the molecule is CC(C)N(C(C)C)P(OCCC#N)N(C(C)C)C(C)C.CC(C)N(C(C)C)P(OCCC#N)OC[C@H]1O[C@@H](n2ccc(NC(=O)COc3ccc(C(C)(C)C)cc3)nc2=O)C[C@@H]1OC(=O)Oc1ccc([N+](=O)[O-])cc1. The fourth-order valence-corrected chi connectivity index (χ4v) is 11.9. The van der Waals surface area contributed by atoms with Crippen molar-refractivity contribution in [2.24, 2.45) is 0 Å². The van der Waals surface area contributed by atoms with Crippen molar-refractivity contribution in [1.29, 1.82) is 10.5 Å². The summed E-state index contributed by atoms with van der Waals surface area (Å²) in [6, 6.07) is 19.7. The first-order valence-corrected chi connectivity index (χ1v) is 27.6. The molecule has 4 atom stereocenters. The van der Waals surface area contributed by atoms with E-state index in [2.05, 4.69) is 108 Å². The summed E-state index contributed by atoms with van der Waals surface area (Å²) in [5.74, 6) is 0.000972. The van der Waals surface area contributed by atoms with E-state index >= 15 is 0 Å². The third-order valence-electron chi connectivity index (χ3n) is 11.1. The lowest BCUT2D eigenvalue weighted by atomic mass is 9.87. The first-order chi connectivity index (χ1) is 35.3. The summed E-state index contributed by atoms with van der Waals surface area (Å²) in [4.78, 5) is 53.2. The van der Waals surface area contributed by atoms with Gasteiger partial charge >= 0.3 is 11.8 Å². The molecule has 0 radical (unpaired) electrons. The number of nitrogens with one attached hydrogen (secondary N) is 1. The molecule has 1 unspecified atom stereocenters. The third-order valence-corrected chi connectivity index (χ3v) is 16.2. The molecular formula is C52H79N9O12P2. The monoisotopic (exact) mass is 1080 g/mol. The molecule has 0 saturated carbocycles. The molecule has 0 aliphatic carbocycles. The van der Waals surface area contributed by atoms with Crippen LogP contribution in [0, 0.1) is 32.8 Å². The van der Waals surface area contributed by atoms with Gasteiger partial charge in [0, 0.05) is 61.0 Å². The number of carbonyl (C=O) groups excluding carboxylic acids is 2. The molecule has 1 aliphatic heterocycles. The summed E-state index contributed by atoms with van der Waals surface area (Å²) in [6.07, 6.45) is -1.99. The van der Waals surface area contributed by atoms with Crippen LogP contribution in [0.3, 0.4) is 0 Å². The number of nitro groups is 1. The van der Waals surface area contributed by atoms with Crippen LogP contribution in [0.25, 0.3) is 0 Å². The Kier molecular flexibility index (Phi) is 26.6. The Bertz CT molecular complexity index is 2340. The average Bonchev–Trinajstić information content (AvgIpc) is 3.70. The minimum atomic E-state index is -1.69. The van der Waals surface area contributed by atoms with Gasteiger partial charge in [0.15, 0.2) is 15.1 Å². The van der Waals surface area contributed by atoms with E-state index in [4.69, 9.17) is 43.0 Å². The molecule has 21 nitrogen and oxygen atoms in total. The highest BCUT2D eigenvalue weighted by molar-refractivity contribution is 7.47. The minimum absolute atomic E-state index is 0.00194. The van der Waals surface area contributed by atoms with Gasteiger partial charge in [-0.1, -0.05) is 32.9 Å². The van der Waals surface area contributed by atoms with E-state index in [0.29, 0.717) is 42.9 Å². The number of hydrogen-bond donors (Lipinski definition) is 1. The van der Waals surface area contributed by atoms with Gasteiger partial charge in [-0.15, -0.1) is 0 Å². The Morgan fingerprint density at radius 1 is 0.800 bits per heavy atom. The van der Waals surface area contributed by atoms with Gasteiger partial charge in [-0.05, 0) is 124 Å². The number of nitro benzene ring substituents is 1. The lowest BCUT2D eigenvalue weighted by Gasteiger charge is -2.45. The summed E-state index contributed by atoms with van der Waals surface area (Å²) >= 11 is 0. The maximum atomic E-state index is 13.2. The van der Waals surface area contributed by atoms with E-state index in [1.807, 2.05) is 44.5 Å². The van der Waals surface area contributed by atoms with Crippen molar-refractivity contribution in [2.75, 3.05) is 31.7 Å². The molecule has 2 heterocycles. The second kappa shape index (κ2) is 31.1. The van der Waals surface area contributed by atoms with Gasteiger partial charge < -0.3 is 37.8 Å². The standard InChI is InChI=1S/C37H47N6O11P.C15H32N3OP/c1-24(2)42(25(3)4)55(50-20-8-18-38)51-22-31-30(54-36(46)52-29-15-11-27(12-16-29)43(47)48)21-34(53-31)41-19-17-32(40-35(41)45)39-33(44)23-49-28-13-9-26(10-14-28)37(5,6)7;1-12(2)17(13(3)4)20(19-11-9-10-16)18(14(5)6)15(7)8/h9-17,19,24-25,30-31,34H,8,20-23H2,1-7H3,(H,39,40,44,45);12-15H,9,11H2,1-8H3/t30-,31+,34+,55?;/m0./s1. The lowest BCUT2D eigenvalue weighted by molar-refractivity contribution is -0.384. The maximum absolute atomic E-state index is 13.2. The molecule has 3 aromatic rings. The molecule has 1 N–H and O–H groups in total. The van der Waals surface area contributed by atoms with E-state index in [9.17, 15) is 24.5 Å². The zero-order valence-corrected chi connectivity index (χ0v) is 48.1. The Labute approximate surface area is 445 Å². The van der Waals surface area contributed by atoms with Gasteiger partial charge in [-0.2, -0.15) is 15.5 Å². The Hall–Kier alpha value is -5.18. The molecule has 2 aromatic carbocycles. The van der Waals surface area contributed by atoms with E-state index in [-0.39, 0.29) is 67.4 Å². The van der Waals surface area contributed by atoms with Crippen LogP contribution in [0.1, 0.15) is 135 Å². The smallest absolute Gasteiger partial charge is 0.484 e. The predicted molar refractivity (Wildman–Crippen MR) is 289 cm³/mol. The second-order valence-electron chi connectivity index (χ2n) is 20.2. The summed E-state index contributed by atoms with van der Waals surface area (Å²) in [6.45, 7) is 32.1. The molecule has 1 saturated heterocycles. The molecule has 414 valence electrons. The van der Waals surface area contributed by atoms with Gasteiger partial charge in [0.25, 0.3) is 20.1 Å². The maximum Gasteiger partial charge on any atom is 0.514 e. The van der Waals surface area contributed by atoms with Crippen LogP contribution in [0.15, 0.2) is 65.6 Å². The Morgan fingerprint density at radius 2 is 1.32 bits per heavy atom. The van der Waals surface area contributed by atoms with Crippen molar-refractivity contribution in [3.63, 3.8) is 0 Å². The number of carbonyl (C=O) groups is 2. The van der Waals surface area contributed by atoms with Crippen LogP contribution in [-0.4, -0.2) is 115 Å². The zero-order chi connectivity index (χ0) is 56.2. The van der Waals surface area contributed by atoms with Gasteiger partial charge in [-0.3, -0.25) is 19.5 Å². The van der Waals surface area contributed by atoms with Crippen molar-refractivity contribution < 1.29 is 47.0 Å². The summed E-state index contributed by atoms with van der Waals surface area (Å²) in [5, 5.41) is 31.4. The highest BCUT2D eigenvalue weighted by Crippen LogP contribution is 2.51. The van der Waals surface area contributed by atoms with E-state index in [1.54, 1.807) is 12.1 Å². The van der Waals surface area contributed by atoms with Crippen LogP contribution < -0.4 is 20.5 Å². The number of nitriles is 2. The average molecular weight is 1080 g/mol. The molecule has 1 aliphatic rings. The minimum Gasteiger partial charge on any atom is -0.484 e. The van der Waals surface area contributed by atoms with Crippen molar-refractivity contribution in [1.82, 2.24) is 23.6 Å². The molecule has 1 amide bonds. The number of nitrogens with zero attached hydrogens (tertiary/aromatic N) is 8.